The van der Waals surface area contributed by atoms with Gasteiger partial charge in [0.2, 0.25) is 0 Å². The van der Waals surface area contributed by atoms with E-state index in [0.29, 0.717) is 17.7 Å². The van der Waals surface area contributed by atoms with Crippen molar-refractivity contribution in [2.24, 2.45) is 0 Å². The number of aryl methyl sites for hydroxylation is 2. The van der Waals surface area contributed by atoms with E-state index in [1.54, 1.807) is 30.5 Å². The van der Waals surface area contributed by atoms with Gasteiger partial charge in [-0.3, -0.25) is 14.6 Å². The molecule has 0 aliphatic rings. The Balaban J connectivity index is 1.64. The lowest BCUT2D eigenvalue weighted by Crippen LogP contribution is -2.23. The molecule has 2 aromatic carbocycles. The molecular weight excluding hydrogens is 338 g/mol. The Kier molecular flexibility index (Phi) is 5.61. The van der Waals surface area contributed by atoms with Crippen LogP contribution in [-0.4, -0.2) is 16.8 Å². The van der Waals surface area contributed by atoms with Crippen LogP contribution in [0.4, 0.5) is 5.69 Å². The largest absolute Gasteiger partial charge is 0.346 e. The fourth-order valence-electron chi connectivity index (χ4n) is 2.75. The number of nitrogens with zero attached hydrogens (tertiary/aromatic N) is 1. The Hall–Kier alpha value is -3.47. The molecular formula is C22H21N3O2. The van der Waals surface area contributed by atoms with Crippen LogP contribution in [-0.2, 0) is 6.54 Å². The first-order valence-electron chi connectivity index (χ1n) is 8.70. The Morgan fingerprint density at radius 3 is 2.04 bits per heavy atom. The van der Waals surface area contributed by atoms with Crippen molar-refractivity contribution in [2.45, 2.75) is 20.4 Å². The van der Waals surface area contributed by atoms with Gasteiger partial charge in [0.05, 0.1) is 12.2 Å². The molecule has 0 fully saturated rings. The number of rotatable bonds is 5. The molecule has 2 amide bonds. The van der Waals surface area contributed by atoms with Crippen molar-refractivity contribution in [1.29, 1.82) is 0 Å². The summed E-state index contributed by atoms with van der Waals surface area (Å²) in [7, 11) is 0. The zero-order valence-corrected chi connectivity index (χ0v) is 15.3. The van der Waals surface area contributed by atoms with Gasteiger partial charge in [-0.2, -0.15) is 0 Å². The van der Waals surface area contributed by atoms with E-state index in [4.69, 9.17) is 0 Å². The highest BCUT2D eigenvalue weighted by Gasteiger charge is 2.11. The van der Waals surface area contributed by atoms with E-state index in [-0.39, 0.29) is 11.8 Å². The second-order valence-corrected chi connectivity index (χ2v) is 6.30. The molecule has 1 aromatic heterocycles. The minimum Gasteiger partial charge on any atom is -0.346 e. The highest BCUT2D eigenvalue weighted by molar-refractivity contribution is 6.05. The van der Waals surface area contributed by atoms with Crippen LogP contribution in [0.3, 0.4) is 0 Å². The van der Waals surface area contributed by atoms with Crippen LogP contribution in [0.5, 0.6) is 0 Å². The maximum atomic E-state index is 12.5. The van der Waals surface area contributed by atoms with Crippen LogP contribution in [0.1, 0.15) is 37.5 Å². The van der Waals surface area contributed by atoms with Gasteiger partial charge < -0.3 is 10.6 Å². The quantitative estimate of drug-likeness (QED) is 0.726. The van der Waals surface area contributed by atoms with Crippen LogP contribution in [0.2, 0.25) is 0 Å². The number of para-hydroxylation sites is 1. The van der Waals surface area contributed by atoms with Crippen molar-refractivity contribution >= 4 is 17.5 Å². The summed E-state index contributed by atoms with van der Waals surface area (Å²) < 4.78 is 0. The van der Waals surface area contributed by atoms with Gasteiger partial charge in [0.25, 0.3) is 11.8 Å². The molecule has 5 nitrogen and oxygen atoms in total. The van der Waals surface area contributed by atoms with E-state index in [1.807, 2.05) is 50.2 Å². The maximum Gasteiger partial charge on any atom is 0.255 e. The number of anilines is 1. The number of aromatic nitrogens is 1. The third kappa shape index (κ3) is 4.58. The summed E-state index contributed by atoms with van der Waals surface area (Å²) in [5, 5.41) is 5.76. The third-order valence-electron chi connectivity index (χ3n) is 4.29. The average Bonchev–Trinajstić information content (AvgIpc) is 2.70. The number of pyridine rings is 1. The minimum absolute atomic E-state index is 0.201. The first-order chi connectivity index (χ1) is 13.0. The van der Waals surface area contributed by atoms with Gasteiger partial charge in [-0.1, -0.05) is 24.3 Å². The Labute approximate surface area is 158 Å². The van der Waals surface area contributed by atoms with Crippen molar-refractivity contribution in [1.82, 2.24) is 10.3 Å². The molecule has 136 valence electrons. The van der Waals surface area contributed by atoms with Crippen molar-refractivity contribution < 1.29 is 9.59 Å². The smallest absolute Gasteiger partial charge is 0.255 e. The fourth-order valence-corrected chi connectivity index (χ4v) is 2.75. The molecule has 0 bridgehead atoms. The van der Waals surface area contributed by atoms with Gasteiger partial charge in [-0.05, 0) is 61.4 Å². The maximum absolute atomic E-state index is 12.5. The van der Waals surface area contributed by atoms with E-state index in [2.05, 4.69) is 15.6 Å². The SMILES string of the molecule is Cc1cccc(C)c1NC(=O)c1ccc(C(=O)NCc2ccccn2)cc1. The monoisotopic (exact) mass is 359 g/mol. The first kappa shape index (κ1) is 18.3. The first-order valence-corrected chi connectivity index (χ1v) is 8.70. The summed E-state index contributed by atoms with van der Waals surface area (Å²) in [6.45, 7) is 4.27. The molecule has 3 aromatic rings. The minimum atomic E-state index is -0.206. The van der Waals surface area contributed by atoms with E-state index in [0.717, 1.165) is 22.5 Å². The lowest BCUT2D eigenvalue weighted by Gasteiger charge is -2.11. The van der Waals surface area contributed by atoms with Crippen LogP contribution >= 0.6 is 0 Å². The number of benzene rings is 2. The molecule has 0 saturated heterocycles. The van der Waals surface area contributed by atoms with Gasteiger partial charge in [-0.25, -0.2) is 0 Å². The Bertz CT molecular complexity index is 931. The summed E-state index contributed by atoms with van der Waals surface area (Å²) in [5.74, 6) is -0.407. The van der Waals surface area contributed by atoms with Crippen molar-refractivity contribution in [2.75, 3.05) is 5.32 Å². The van der Waals surface area contributed by atoms with Gasteiger partial charge in [0.1, 0.15) is 0 Å². The van der Waals surface area contributed by atoms with Gasteiger partial charge in [-0.15, -0.1) is 0 Å². The highest BCUT2D eigenvalue weighted by atomic mass is 16.2. The second-order valence-electron chi connectivity index (χ2n) is 6.30. The second kappa shape index (κ2) is 8.27. The number of hydrogen-bond donors (Lipinski definition) is 2. The summed E-state index contributed by atoms with van der Waals surface area (Å²) in [4.78, 5) is 28.9. The molecule has 5 heteroatoms. The summed E-state index contributed by atoms with van der Waals surface area (Å²) in [6.07, 6.45) is 1.69. The molecule has 3 rings (SSSR count). The third-order valence-corrected chi connectivity index (χ3v) is 4.29. The van der Waals surface area contributed by atoms with Crippen LogP contribution in [0.25, 0.3) is 0 Å². The summed E-state index contributed by atoms with van der Waals surface area (Å²) >= 11 is 0. The molecule has 0 saturated carbocycles. The van der Waals surface area contributed by atoms with E-state index in [9.17, 15) is 9.59 Å². The van der Waals surface area contributed by atoms with Crippen LogP contribution in [0, 0.1) is 13.8 Å². The number of carbonyl (C=O) groups excluding carboxylic acids is 2. The average molecular weight is 359 g/mol. The molecule has 0 unspecified atom stereocenters. The number of nitrogens with one attached hydrogen (secondary N) is 2. The number of amides is 2. The predicted octanol–water partition coefficient (Wildman–Crippen LogP) is 3.88. The molecule has 2 N–H and O–H groups in total. The van der Waals surface area contributed by atoms with Crippen molar-refractivity contribution in [3.8, 4) is 0 Å². The zero-order valence-electron chi connectivity index (χ0n) is 15.3. The van der Waals surface area contributed by atoms with E-state index >= 15 is 0 Å². The lowest BCUT2D eigenvalue weighted by molar-refractivity contribution is 0.0948. The molecule has 1 heterocycles. The lowest BCUT2D eigenvalue weighted by atomic mass is 10.1. The normalized spacial score (nSPS) is 10.3. The molecule has 0 radical (unpaired) electrons. The number of carbonyl (C=O) groups is 2. The van der Waals surface area contributed by atoms with Gasteiger partial charge >= 0.3 is 0 Å². The standard InChI is InChI=1S/C22H21N3O2/c1-15-6-5-7-16(2)20(15)25-22(27)18-11-9-17(10-12-18)21(26)24-14-19-8-3-4-13-23-19/h3-13H,14H2,1-2H3,(H,24,26)(H,25,27). The Morgan fingerprint density at radius 1 is 0.815 bits per heavy atom. The Morgan fingerprint density at radius 2 is 1.44 bits per heavy atom. The molecule has 0 aliphatic carbocycles. The van der Waals surface area contributed by atoms with Crippen molar-refractivity contribution in [3.63, 3.8) is 0 Å². The van der Waals surface area contributed by atoms with Gasteiger partial charge in [0.15, 0.2) is 0 Å². The fraction of sp³-hybridized carbons (Fsp3) is 0.136. The molecule has 0 spiro atoms. The van der Waals surface area contributed by atoms with E-state index < -0.39 is 0 Å². The topological polar surface area (TPSA) is 71.1 Å². The molecule has 0 atom stereocenters. The van der Waals surface area contributed by atoms with Crippen LogP contribution < -0.4 is 10.6 Å². The van der Waals surface area contributed by atoms with Crippen molar-refractivity contribution in [3.05, 3.63) is 94.8 Å². The summed E-state index contributed by atoms with van der Waals surface area (Å²) in [5.41, 5.74) is 4.62. The summed E-state index contributed by atoms with van der Waals surface area (Å²) in [6, 6.07) is 18.0. The highest BCUT2D eigenvalue weighted by Crippen LogP contribution is 2.20. The van der Waals surface area contributed by atoms with Crippen LogP contribution in [0.15, 0.2) is 66.9 Å². The predicted molar refractivity (Wildman–Crippen MR) is 106 cm³/mol. The molecule has 0 aliphatic heterocycles. The van der Waals surface area contributed by atoms with E-state index in [1.165, 1.54) is 0 Å². The molecule has 27 heavy (non-hydrogen) atoms. The number of hydrogen-bond acceptors (Lipinski definition) is 3. The van der Waals surface area contributed by atoms with Gasteiger partial charge in [0, 0.05) is 23.0 Å². The zero-order chi connectivity index (χ0) is 19.2.